The van der Waals surface area contributed by atoms with Gasteiger partial charge >= 0.3 is 0 Å². The fourth-order valence-corrected chi connectivity index (χ4v) is 2.82. The first kappa shape index (κ1) is 12.7. The Morgan fingerprint density at radius 2 is 2.29 bits per heavy atom. The molecule has 0 amide bonds. The Labute approximate surface area is 108 Å². The van der Waals surface area contributed by atoms with Gasteiger partial charge in [-0.3, -0.25) is 4.90 Å². The number of rotatable bonds is 4. The second-order valence-electron chi connectivity index (χ2n) is 4.95. The predicted molar refractivity (Wildman–Crippen MR) is 71.4 cm³/mol. The molecule has 3 heteroatoms. The summed E-state index contributed by atoms with van der Waals surface area (Å²) in [7, 11) is 0. The molecule has 1 unspecified atom stereocenters. The molecule has 0 bridgehead atoms. The van der Waals surface area contributed by atoms with Gasteiger partial charge in [0.25, 0.3) is 0 Å². The summed E-state index contributed by atoms with van der Waals surface area (Å²) in [6.45, 7) is 5.34. The molecule has 0 aromatic heterocycles. The number of benzene rings is 1. The van der Waals surface area contributed by atoms with Crippen molar-refractivity contribution in [2.24, 2.45) is 5.92 Å². The molecule has 1 aliphatic heterocycles. The fourth-order valence-electron chi connectivity index (χ4n) is 2.62. The lowest BCUT2D eigenvalue weighted by molar-refractivity contribution is 0.307. The SMILES string of the molecule is CCCC1CCN(Cc2cc(Cl)ccc2O)C1. The molecule has 1 heterocycles. The van der Waals surface area contributed by atoms with E-state index in [1.807, 2.05) is 6.07 Å². The first-order valence-electron chi connectivity index (χ1n) is 6.38. The van der Waals surface area contributed by atoms with Crippen molar-refractivity contribution in [1.82, 2.24) is 4.90 Å². The van der Waals surface area contributed by atoms with Crippen molar-refractivity contribution in [3.63, 3.8) is 0 Å². The zero-order valence-corrected chi connectivity index (χ0v) is 11.1. The van der Waals surface area contributed by atoms with E-state index in [0.29, 0.717) is 10.8 Å². The minimum atomic E-state index is 0.355. The van der Waals surface area contributed by atoms with Crippen molar-refractivity contribution in [2.45, 2.75) is 32.7 Å². The van der Waals surface area contributed by atoms with E-state index >= 15 is 0 Å². The third kappa shape index (κ3) is 3.36. The first-order valence-corrected chi connectivity index (χ1v) is 6.76. The lowest BCUT2D eigenvalue weighted by Crippen LogP contribution is -2.20. The monoisotopic (exact) mass is 253 g/mol. The van der Waals surface area contributed by atoms with Crippen LogP contribution >= 0.6 is 11.6 Å². The van der Waals surface area contributed by atoms with Gasteiger partial charge in [-0.1, -0.05) is 24.9 Å². The Morgan fingerprint density at radius 3 is 3.06 bits per heavy atom. The normalized spacial score (nSPS) is 20.9. The average Bonchev–Trinajstić information content (AvgIpc) is 2.72. The minimum Gasteiger partial charge on any atom is -0.508 e. The molecule has 1 aliphatic rings. The van der Waals surface area contributed by atoms with Gasteiger partial charge in [-0.05, 0) is 43.5 Å². The van der Waals surface area contributed by atoms with Crippen LogP contribution in [-0.2, 0) is 6.54 Å². The number of aromatic hydroxyl groups is 1. The molecule has 2 rings (SSSR count). The maximum atomic E-state index is 9.78. The van der Waals surface area contributed by atoms with Crippen LogP contribution in [0.15, 0.2) is 18.2 Å². The summed E-state index contributed by atoms with van der Waals surface area (Å²) in [6, 6.07) is 5.27. The molecule has 94 valence electrons. The van der Waals surface area contributed by atoms with Crippen molar-refractivity contribution in [3.8, 4) is 5.75 Å². The molecule has 1 atom stereocenters. The summed E-state index contributed by atoms with van der Waals surface area (Å²) < 4.78 is 0. The molecule has 17 heavy (non-hydrogen) atoms. The van der Waals surface area contributed by atoms with Crippen LogP contribution in [0, 0.1) is 5.92 Å². The van der Waals surface area contributed by atoms with Crippen molar-refractivity contribution < 1.29 is 5.11 Å². The summed E-state index contributed by atoms with van der Waals surface area (Å²) in [6.07, 6.45) is 3.87. The molecule has 1 aromatic carbocycles. The number of phenols is 1. The number of hydrogen-bond donors (Lipinski definition) is 1. The van der Waals surface area contributed by atoms with E-state index in [1.54, 1.807) is 12.1 Å². The maximum Gasteiger partial charge on any atom is 0.120 e. The second-order valence-corrected chi connectivity index (χ2v) is 5.39. The third-order valence-corrected chi connectivity index (χ3v) is 3.74. The summed E-state index contributed by atoms with van der Waals surface area (Å²) in [5, 5.41) is 10.5. The fraction of sp³-hybridized carbons (Fsp3) is 0.571. The molecule has 0 aliphatic carbocycles. The lowest BCUT2D eigenvalue weighted by atomic mass is 10.0. The van der Waals surface area contributed by atoms with Crippen LogP contribution < -0.4 is 0 Å². The van der Waals surface area contributed by atoms with Crippen LogP contribution in [0.25, 0.3) is 0 Å². The van der Waals surface area contributed by atoms with Gasteiger partial charge in [0.1, 0.15) is 5.75 Å². The van der Waals surface area contributed by atoms with Crippen molar-refractivity contribution >= 4 is 11.6 Å². The smallest absolute Gasteiger partial charge is 0.120 e. The van der Waals surface area contributed by atoms with Gasteiger partial charge in [0.15, 0.2) is 0 Å². The van der Waals surface area contributed by atoms with E-state index in [9.17, 15) is 5.11 Å². The van der Waals surface area contributed by atoms with Crippen LogP contribution in [0.5, 0.6) is 5.75 Å². The highest BCUT2D eigenvalue weighted by Crippen LogP contribution is 2.27. The van der Waals surface area contributed by atoms with Crippen LogP contribution in [0.1, 0.15) is 31.7 Å². The van der Waals surface area contributed by atoms with Gasteiger partial charge in [-0.15, -0.1) is 0 Å². The van der Waals surface area contributed by atoms with Crippen LogP contribution in [0.2, 0.25) is 5.02 Å². The van der Waals surface area contributed by atoms with Gasteiger partial charge in [0.05, 0.1) is 0 Å². The van der Waals surface area contributed by atoms with Crippen LogP contribution in [0.4, 0.5) is 0 Å². The largest absolute Gasteiger partial charge is 0.508 e. The predicted octanol–water partition coefficient (Wildman–Crippen LogP) is 3.67. The van der Waals surface area contributed by atoms with Crippen LogP contribution in [0.3, 0.4) is 0 Å². The third-order valence-electron chi connectivity index (χ3n) is 3.50. The maximum absolute atomic E-state index is 9.78. The summed E-state index contributed by atoms with van der Waals surface area (Å²) >= 11 is 5.95. The Balaban J connectivity index is 1.95. The Kier molecular flexibility index (Phi) is 4.30. The highest BCUT2D eigenvalue weighted by atomic mass is 35.5. The minimum absolute atomic E-state index is 0.355. The molecular formula is C14H20ClNO. The van der Waals surface area contributed by atoms with E-state index in [1.165, 1.54) is 19.3 Å². The first-order chi connectivity index (χ1) is 8.19. The summed E-state index contributed by atoms with van der Waals surface area (Å²) in [5.74, 6) is 1.19. The van der Waals surface area contributed by atoms with E-state index in [-0.39, 0.29) is 0 Å². The average molecular weight is 254 g/mol. The summed E-state index contributed by atoms with van der Waals surface area (Å²) in [5.41, 5.74) is 0.939. The molecule has 1 N–H and O–H groups in total. The number of phenolic OH excluding ortho intramolecular Hbond substituents is 1. The van der Waals surface area contributed by atoms with E-state index in [0.717, 1.165) is 31.1 Å². The van der Waals surface area contributed by atoms with Gasteiger partial charge in [0.2, 0.25) is 0 Å². The Bertz CT molecular complexity index is 380. The van der Waals surface area contributed by atoms with Crippen molar-refractivity contribution in [1.29, 1.82) is 0 Å². The number of likely N-dealkylation sites (tertiary alicyclic amines) is 1. The quantitative estimate of drug-likeness (QED) is 0.885. The zero-order valence-electron chi connectivity index (χ0n) is 10.3. The van der Waals surface area contributed by atoms with E-state index in [2.05, 4.69) is 11.8 Å². The molecule has 1 saturated heterocycles. The molecule has 0 saturated carbocycles. The van der Waals surface area contributed by atoms with E-state index < -0.39 is 0 Å². The lowest BCUT2D eigenvalue weighted by Gasteiger charge is -2.17. The van der Waals surface area contributed by atoms with Gasteiger partial charge < -0.3 is 5.11 Å². The van der Waals surface area contributed by atoms with Gasteiger partial charge in [-0.2, -0.15) is 0 Å². The number of hydrogen-bond acceptors (Lipinski definition) is 2. The second kappa shape index (κ2) is 5.74. The van der Waals surface area contributed by atoms with Gasteiger partial charge in [0, 0.05) is 23.7 Å². The molecule has 1 aromatic rings. The highest BCUT2D eigenvalue weighted by Gasteiger charge is 2.22. The molecule has 1 fully saturated rings. The highest BCUT2D eigenvalue weighted by molar-refractivity contribution is 6.30. The Hall–Kier alpha value is -0.730. The van der Waals surface area contributed by atoms with Gasteiger partial charge in [-0.25, -0.2) is 0 Å². The number of halogens is 1. The standard InChI is InChI=1S/C14H20ClNO/c1-2-3-11-6-7-16(9-11)10-12-8-13(15)4-5-14(12)17/h4-5,8,11,17H,2-3,6-7,9-10H2,1H3. The number of nitrogens with zero attached hydrogens (tertiary/aromatic N) is 1. The van der Waals surface area contributed by atoms with Crippen molar-refractivity contribution in [2.75, 3.05) is 13.1 Å². The van der Waals surface area contributed by atoms with E-state index in [4.69, 9.17) is 11.6 Å². The molecule has 0 spiro atoms. The Morgan fingerprint density at radius 1 is 1.47 bits per heavy atom. The zero-order chi connectivity index (χ0) is 12.3. The molecule has 2 nitrogen and oxygen atoms in total. The van der Waals surface area contributed by atoms with Crippen molar-refractivity contribution in [3.05, 3.63) is 28.8 Å². The van der Waals surface area contributed by atoms with Crippen LogP contribution in [-0.4, -0.2) is 23.1 Å². The molecule has 0 radical (unpaired) electrons. The topological polar surface area (TPSA) is 23.5 Å². The molecular weight excluding hydrogens is 234 g/mol. The summed E-state index contributed by atoms with van der Waals surface area (Å²) in [4.78, 5) is 2.41.